The minimum Gasteiger partial charge on any atom is -0.324 e. The van der Waals surface area contributed by atoms with Crippen LogP contribution in [0.3, 0.4) is 0 Å². The Kier molecular flexibility index (Phi) is 3.09. The molecule has 0 radical (unpaired) electrons. The molecule has 0 saturated heterocycles. The van der Waals surface area contributed by atoms with E-state index in [1.165, 1.54) is 11.8 Å². The van der Waals surface area contributed by atoms with Gasteiger partial charge in [0.05, 0.1) is 24.3 Å². The SMILES string of the molecule is CSc1nc2c(c(=O)[nH]1)CN(C(=O)C(F)(F)F)C2. The highest BCUT2D eigenvalue weighted by atomic mass is 32.2. The third-order valence-corrected chi connectivity index (χ3v) is 3.07. The van der Waals surface area contributed by atoms with Gasteiger partial charge >= 0.3 is 12.1 Å². The van der Waals surface area contributed by atoms with Crippen LogP contribution in [0.4, 0.5) is 13.2 Å². The zero-order chi connectivity index (χ0) is 13.5. The molecule has 2 heterocycles. The molecule has 1 aromatic heterocycles. The Morgan fingerprint density at radius 2 is 2.11 bits per heavy atom. The van der Waals surface area contributed by atoms with Gasteiger partial charge in [0.1, 0.15) is 0 Å². The van der Waals surface area contributed by atoms with Crippen LogP contribution in [-0.4, -0.2) is 33.2 Å². The third kappa shape index (κ3) is 2.22. The first kappa shape index (κ1) is 12.9. The van der Waals surface area contributed by atoms with Crippen molar-refractivity contribution in [2.75, 3.05) is 6.26 Å². The van der Waals surface area contributed by atoms with Gasteiger partial charge in [-0.05, 0) is 6.26 Å². The van der Waals surface area contributed by atoms with Crippen LogP contribution in [0, 0.1) is 0 Å². The van der Waals surface area contributed by atoms with E-state index in [-0.39, 0.29) is 24.3 Å². The van der Waals surface area contributed by atoms with Gasteiger partial charge < -0.3 is 9.88 Å². The smallest absolute Gasteiger partial charge is 0.324 e. The molecule has 0 bridgehead atoms. The number of carbonyl (C=O) groups excluding carboxylic acids is 1. The Bertz CT molecular complexity index is 555. The van der Waals surface area contributed by atoms with Crippen molar-refractivity contribution < 1.29 is 18.0 Å². The van der Waals surface area contributed by atoms with Crippen LogP contribution >= 0.6 is 11.8 Å². The number of rotatable bonds is 1. The maximum Gasteiger partial charge on any atom is 0.471 e. The first-order valence-electron chi connectivity index (χ1n) is 4.85. The van der Waals surface area contributed by atoms with Crippen LogP contribution in [0.15, 0.2) is 9.95 Å². The minimum atomic E-state index is -4.93. The molecule has 1 amide bonds. The second-order valence-corrected chi connectivity index (χ2v) is 4.45. The lowest BCUT2D eigenvalue weighted by Crippen LogP contribution is -2.37. The fourth-order valence-electron chi connectivity index (χ4n) is 1.66. The van der Waals surface area contributed by atoms with E-state index in [9.17, 15) is 22.8 Å². The van der Waals surface area contributed by atoms with E-state index in [1.54, 1.807) is 6.26 Å². The van der Waals surface area contributed by atoms with E-state index in [1.807, 2.05) is 0 Å². The minimum absolute atomic E-state index is 0.116. The van der Waals surface area contributed by atoms with Gasteiger partial charge in [-0.2, -0.15) is 13.2 Å². The van der Waals surface area contributed by atoms with Crippen molar-refractivity contribution in [1.82, 2.24) is 14.9 Å². The van der Waals surface area contributed by atoms with Gasteiger partial charge in [-0.3, -0.25) is 9.59 Å². The number of aromatic amines is 1. The fourth-order valence-corrected chi connectivity index (χ4v) is 2.06. The first-order valence-corrected chi connectivity index (χ1v) is 6.07. The van der Waals surface area contributed by atoms with E-state index >= 15 is 0 Å². The molecule has 18 heavy (non-hydrogen) atoms. The molecule has 0 saturated carbocycles. The molecule has 0 spiro atoms. The maximum absolute atomic E-state index is 12.3. The summed E-state index contributed by atoms with van der Waals surface area (Å²) in [5, 5.41) is 0.319. The van der Waals surface area contributed by atoms with Crippen molar-refractivity contribution >= 4 is 17.7 Å². The lowest BCUT2D eigenvalue weighted by molar-refractivity contribution is -0.186. The second kappa shape index (κ2) is 4.30. The van der Waals surface area contributed by atoms with Gasteiger partial charge in [0.15, 0.2) is 5.16 Å². The van der Waals surface area contributed by atoms with E-state index < -0.39 is 17.6 Å². The lowest BCUT2D eigenvalue weighted by atomic mass is 10.3. The molecule has 0 atom stereocenters. The van der Waals surface area contributed by atoms with Crippen molar-refractivity contribution in [3.05, 3.63) is 21.6 Å². The zero-order valence-electron chi connectivity index (χ0n) is 9.17. The summed E-state index contributed by atoms with van der Waals surface area (Å²) in [4.78, 5) is 29.6. The number of aromatic nitrogens is 2. The Morgan fingerprint density at radius 3 is 2.67 bits per heavy atom. The standard InChI is InChI=1S/C9H8F3N3O2S/c1-18-8-13-5-3-15(7(17)9(10,11)12)2-4(5)6(16)14-8/h2-3H2,1H3,(H,13,14,16). The van der Waals surface area contributed by atoms with Gasteiger partial charge in [0, 0.05) is 0 Å². The Labute approximate surface area is 103 Å². The van der Waals surface area contributed by atoms with Crippen LogP contribution in [0.1, 0.15) is 11.3 Å². The average molecular weight is 279 g/mol. The van der Waals surface area contributed by atoms with E-state index in [0.717, 1.165) is 0 Å². The molecular formula is C9H8F3N3O2S. The van der Waals surface area contributed by atoms with Crippen LogP contribution in [0.25, 0.3) is 0 Å². The molecule has 98 valence electrons. The van der Waals surface area contributed by atoms with Crippen LogP contribution in [0.5, 0.6) is 0 Å². The highest BCUT2D eigenvalue weighted by molar-refractivity contribution is 7.98. The highest BCUT2D eigenvalue weighted by Crippen LogP contribution is 2.25. The molecule has 0 fully saturated rings. The van der Waals surface area contributed by atoms with Crippen molar-refractivity contribution in [1.29, 1.82) is 0 Å². The molecule has 2 rings (SSSR count). The molecule has 1 aliphatic rings. The number of halogens is 3. The average Bonchev–Trinajstić information content (AvgIpc) is 2.70. The van der Waals surface area contributed by atoms with E-state index in [4.69, 9.17) is 0 Å². The number of fused-ring (bicyclic) bond motifs is 1. The van der Waals surface area contributed by atoms with Crippen LogP contribution in [0.2, 0.25) is 0 Å². The third-order valence-electron chi connectivity index (χ3n) is 2.49. The number of alkyl halides is 3. The molecule has 1 aliphatic heterocycles. The van der Waals surface area contributed by atoms with E-state index in [2.05, 4.69) is 9.97 Å². The molecule has 1 N–H and O–H groups in total. The quantitative estimate of drug-likeness (QED) is 0.612. The molecule has 0 aliphatic carbocycles. The summed E-state index contributed by atoms with van der Waals surface area (Å²) >= 11 is 1.17. The predicted molar refractivity (Wildman–Crippen MR) is 56.9 cm³/mol. The van der Waals surface area contributed by atoms with Crippen LogP contribution in [-0.2, 0) is 17.9 Å². The molecule has 0 aromatic carbocycles. The summed E-state index contributed by atoms with van der Waals surface area (Å²) in [6.45, 7) is -0.643. The lowest BCUT2D eigenvalue weighted by Gasteiger charge is -2.16. The van der Waals surface area contributed by atoms with Gasteiger partial charge in [-0.1, -0.05) is 11.8 Å². The summed E-state index contributed by atoms with van der Waals surface area (Å²) in [7, 11) is 0. The predicted octanol–water partition coefficient (Wildman–Crippen LogP) is 0.896. The van der Waals surface area contributed by atoms with Crippen molar-refractivity contribution in [2.45, 2.75) is 24.4 Å². The molecular weight excluding hydrogens is 271 g/mol. The number of carbonyl (C=O) groups is 1. The summed E-state index contributed by atoms with van der Waals surface area (Å²) in [6.07, 6.45) is -3.25. The number of nitrogens with zero attached hydrogens (tertiary/aromatic N) is 2. The largest absolute Gasteiger partial charge is 0.471 e. The van der Waals surface area contributed by atoms with Gasteiger partial charge in [0.25, 0.3) is 5.56 Å². The van der Waals surface area contributed by atoms with Gasteiger partial charge in [-0.25, -0.2) is 4.98 Å². The van der Waals surface area contributed by atoms with Gasteiger partial charge in [-0.15, -0.1) is 0 Å². The number of hydrogen-bond donors (Lipinski definition) is 1. The summed E-state index contributed by atoms with van der Waals surface area (Å²) < 4.78 is 36.8. The zero-order valence-corrected chi connectivity index (χ0v) is 9.98. The number of amides is 1. The number of H-pyrrole nitrogens is 1. The van der Waals surface area contributed by atoms with Crippen molar-refractivity contribution in [2.24, 2.45) is 0 Å². The van der Waals surface area contributed by atoms with E-state index in [0.29, 0.717) is 10.1 Å². The number of nitrogens with one attached hydrogen (secondary N) is 1. The number of hydrogen-bond acceptors (Lipinski definition) is 4. The first-order chi connectivity index (χ1) is 8.32. The highest BCUT2D eigenvalue weighted by Gasteiger charge is 2.44. The molecule has 1 aromatic rings. The Morgan fingerprint density at radius 1 is 1.44 bits per heavy atom. The molecule has 5 nitrogen and oxygen atoms in total. The Balaban J connectivity index is 2.31. The molecule has 9 heteroatoms. The maximum atomic E-state index is 12.3. The monoisotopic (exact) mass is 279 g/mol. The van der Waals surface area contributed by atoms with Crippen molar-refractivity contribution in [3.63, 3.8) is 0 Å². The summed E-state index contributed by atoms with van der Waals surface area (Å²) in [6, 6.07) is 0. The van der Waals surface area contributed by atoms with Crippen molar-refractivity contribution in [3.8, 4) is 0 Å². The second-order valence-electron chi connectivity index (χ2n) is 3.66. The molecule has 0 unspecified atom stereocenters. The van der Waals surface area contributed by atoms with Gasteiger partial charge in [0.2, 0.25) is 0 Å². The van der Waals surface area contributed by atoms with Crippen LogP contribution < -0.4 is 5.56 Å². The number of thioether (sulfide) groups is 1. The normalized spacial score (nSPS) is 14.8. The summed E-state index contributed by atoms with van der Waals surface area (Å²) in [5.74, 6) is -1.95. The Hall–Kier alpha value is -1.51. The fraction of sp³-hybridized carbons (Fsp3) is 0.444. The summed E-state index contributed by atoms with van der Waals surface area (Å²) in [5.41, 5.74) is -0.159. The topological polar surface area (TPSA) is 66.1 Å².